The number of benzene rings is 3. The van der Waals surface area contributed by atoms with Gasteiger partial charge in [-0.25, -0.2) is 0 Å². The summed E-state index contributed by atoms with van der Waals surface area (Å²) >= 11 is 0. The van der Waals surface area contributed by atoms with Crippen LogP contribution in [-0.4, -0.2) is 12.5 Å². The Kier molecular flexibility index (Phi) is 7.87. The second-order valence-electron chi connectivity index (χ2n) is 8.60. The summed E-state index contributed by atoms with van der Waals surface area (Å²) in [6.07, 6.45) is 3.81. The van der Waals surface area contributed by atoms with Crippen LogP contribution in [0.3, 0.4) is 0 Å². The van der Waals surface area contributed by atoms with E-state index < -0.39 is 5.41 Å². The minimum Gasteiger partial charge on any atom is -0.348 e. The molecular formula is C29H32N2O. The van der Waals surface area contributed by atoms with Gasteiger partial charge in [0.2, 0.25) is 5.91 Å². The van der Waals surface area contributed by atoms with Gasteiger partial charge in [0.15, 0.2) is 0 Å². The summed E-state index contributed by atoms with van der Waals surface area (Å²) in [6, 6.07) is 25.0. The third kappa shape index (κ3) is 6.09. The van der Waals surface area contributed by atoms with Crippen molar-refractivity contribution in [2.45, 2.75) is 39.8 Å². The Balaban J connectivity index is 1.52. The van der Waals surface area contributed by atoms with Gasteiger partial charge in [-0.05, 0) is 55.7 Å². The first-order valence-electron chi connectivity index (χ1n) is 11.1. The van der Waals surface area contributed by atoms with Crippen LogP contribution in [0.4, 0.5) is 0 Å². The molecule has 3 nitrogen and oxygen atoms in total. The van der Waals surface area contributed by atoms with Crippen molar-refractivity contribution in [3.8, 4) is 11.8 Å². The summed E-state index contributed by atoms with van der Waals surface area (Å²) < 4.78 is 0. The van der Waals surface area contributed by atoms with E-state index in [-0.39, 0.29) is 18.0 Å². The Bertz CT molecular complexity index is 1130. The van der Waals surface area contributed by atoms with Crippen LogP contribution in [0.25, 0.3) is 10.8 Å². The zero-order valence-corrected chi connectivity index (χ0v) is 19.4. The highest BCUT2D eigenvalue weighted by Crippen LogP contribution is 2.24. The van der Waals surface area contributed by atoms with Crippen molar-refractivity contribution in [2.24, 2.45) is 5.41 Å². The summed E-state index contributed by atoms with van der Waals surface area (Å²) in [6.45, 7) is 8.56. The van der Waals surface area contributed by atoms with Crippen LogP contribution < -0.4 is 10.6 Å². The summed E-state index contributed by atoms with van der Waals surface area (Å²) in [4.78, 5) is 12.7. The third-order valence-corrected chi connectivity index (χ3v) is 5.63. The number of allylic oxidation sites excluding steroid dienone is 1. The molecule has 0 spiro atoms. The first-order chi connectivity index (χ1) is 15.4. The summed E-state index contributed by atoms with van der Waals surface area (Å²) in [5.41, 5.74) is 1.60. The van der Waals surface area contributed by atoms with Crippen molar-refractivity contribution in [1.29, 1.82) is 0 Å². The first kappa shape index (κ1) is 23.3. The Morgan fingerprint density at radius 3 is 2.41 bits per heavy atom. The van der Waals surface area contributed by atoms with Crippen LogP contribution in [0.2, 0.25) is 0 Å². The first-order valence-corrected chi connectivity index (χ1v) is 11.1. The molecule has 0 aliphatic carbocycles. The number of fused-ring (bicyclic) bond motifs is 1. The Labute approximate surface area is 191 Å². The molecule has 3 aromatic rings. The molecule has 0 bridgehead atoms. The highest BCUT2D eigenvalue weighted by molar-refractivity contribution is 5.86. The summed E-state index contributed by atoms with van der Waals surface area (Å²) in [5, 5.41) is 9.11. The number of rotatable bonds is 7. The maximum absolute atomic E-state index is 12.7. The molecule has 3 heteroatoms. The lowest BCUT2D eigenvalue weighted by Crippen LogP contribution is -2.37. The van der Waals surface area contributed by atoms with Gasteiger partial charge in [-0.15, -0.1) is 0 Å². The number of amides is 1. The van der Waals surface area contributed by atoms with Gasteiger partial charge in [0.1, 0.15) is 5.41 Å². The van der Waals surface area contributed by atoms with E-state index >= 15 is 0 Å². The Morgan fingerprint density at radius 2 is 1.62 bits per heavy atom. The van der Waals surface area contributed by atoms with Crippen LogP contribution >= 0.6 is 0 Å². The highest BCUT2D eigenvalue weighted by Gasteiger charge is 2.26. The lowest BCUT2D eigenvalue weighted by Gasteiger charge is -2.21. The molecule has 0 radical (unpaired) electrons. The smallest absolute Gasteiger partial charge is 0.238 e. The molecule has 1 unspecified atom stereocenters. The van der Waals surface area contributed by atoms with Crippen molar-refractivity contribution in [3.05, 3.63) is 96.1 Å². The minimum absolute atomic E-state index is 0.0555. The van der Waals surface area contributed by atoms with Crippen LogP contribution in [-0.2, 0) is 4.79 Å². The van der Waals surface area contributed by atoms with Gasteiger partial charge >= 0.3 is 0 Å². The van der Waals surface area contributed by atoms with Gasteiger partial charge in [-0.1, -0.05) is 90.7 Å². The summed E-state index contributed by atoms with van der Waals surface area (Å²) in [5.74, 6) is 6.04. The molecule has 0 aliphatic rings. The molecule has 3 aromatic carbocycles. The van der Waals surface area contributed by atoms with Crippen LogP contribution in [0.1, 0.15) is 50.9 Å². The Morgan fingerprint density at radius 1 is 0.938 bits per heavy atom. The second kappa shape index (κ2) is 10.8. The number of hydrogen-bond acceptors (Lipinski definition) is 2. The predicted molar refractivity (Wildman–Crippen MR) is 134 cm³/mol. The molecule has 32 heavy (non-hydrogen) atoms. The van der Waals surface area contributed by atoms with E-state index in [4.69, 9.17) is 0 Å². The zero-order valence-electron chi connectivity index (χ0n) is 19.4. The van der Waals surface area contributed by atoms with E-state index in [1.54, 1.807) is 0 Å². The van der Waals surface area contributed by atoms with E-state index in [1.807, 2.05) is 63.3 Å². The fourth-order valence-corrected chi connectivity index (χ4v) is 3.58. The monoisotopic (exact) mass is 424 g/mol. The quantitative estimate of drug-likeness (QED) is 0.460. The topological polar surface area (TPSA) is 41.1 Å². The molecule has 0 aliphatic heterocycles. The molecule has 0 fully saturated rings. The normalized spacial score (nSPS) is 13.4. The average molecular weight is 425 g/mol. The van der Waals surface area contributed by atoms with Crippen LogP contribution in [0.5, 0.6) is 0 Å². The van der Waals surface area contributed by atoms with Crippen LogP contribution in [0, 0.1) is 17.3 Å². The molecule has 2 N–H and O–H groups in total. The van der Waals surface area contributed by atoms with Crippen molar-refractivity contribution in [1.82, 2.24) is 10.6 Å². The minimum atomic E-state index is -0.767. The second-order valence-corrected chi connectivity index (χ2v) is 8.60. The van der Waals surface area contributed by atoms with Crippen molar-refractivity contribution >= 4 is 16.7 Å². The van der Waals surface area contributed by atoms with Gasteiger partial charge in [0.05, 0.1) is 6.04 Å². The number of carbonyl (C=O) groups excluding carboxylic acids is 1. The lowest BCUT2D eigenvalue weighted by atomic mass is 9.92. The third-order valence-electron chi connectivity index (χ3n) is 5.63. The van der Waals surface area contributed by atoms with E-state index in [9.17, 15) is 4.79 Å². The van der Waals surface area contributed by atoms with E-state index in [2.05, 4.69) is 71.9 Å². The van der Waals surface area contributed by atoms with E-state index in [0.29, 0.717) is 6.54 Å². The van der Waals surface area contributed by atoms with Crippen molar-refractivity contribution in [3.63, 3.8) is 0 Å². The van der Waals surface area contributed by atoms with Gasteiger partial charge in [0, 0.05) is 12.6 Å². The molecule has 0 heterocycles. The maximum atomic E-state index is 12.7. The Hall–Kier alpha value is -3.35. The highest BCUT2D eigenvalue weighted by atomic mass is 16.2. The molecule has 0 aromatic heterocycles. The molecular weight excluding hydrogens is 392 g/mol. The number of nitrogens with one attached hydrogen (secondary N) is 2. The zero-order chi connectivity index (χ0) is 23.0. The number of carbonyl (C=O) groups is 1. The molecule has 0 saturated heterocycles. The fraction of sp³-hybridized carbons (Fsp3) is 0.276. The molecule has 0 saturated carbocycles. The van der Waals surface area contributed by atoms with Gasteiger partial charge < -0.3 is 10.6 Å². The van der Waals surface area contributed by atoms with Gasteiger partial charge in [-0.2, -0.15) is 0 Å². The summed E-state index contributed by atoms with van der Waals surface area (Å²) in [7, 11) is 0. The standard InChI is InChI=1S/C29H32N2O/c1-22(24-14-7-5-8-15-24)31-28(32)29(3,4)20-11-6-12-21-30-23(2)26-19-13-17-25-16-9-10-18-27(25)26/h5-10,12-19,22-23,30H,21H2,1-4H3,(H,31,32)/t22?,23-/m1/s1. The van der Waals surface area contributed by atoms with Crippen molar-refractivity contribution < 1.29 is 4.79 Å². The molecule has 164 valence electrons. The SMILES string of the molecule is CC(NC(=O)C(C)(C)C#CC=CCN[C@H](C)c1cccc2ccccc12)c1ccccc1. The molecule has 3 rings (SSSR count). The maximum Gasteiger partial charge on any atom is 0.238 e. The predicted octanol–water partition coefficient (Wildman–Crippen LogP) is 5.95. The van der Waals surface area contributed by atoms with E-state index in [0.717, 1.165) is 5.56 Å². The molecule has 1 amide bonds. The van der Waals surface area contributed by atoms with Crippen LogP contribution in [0.15, 0.2) is 84.9 Å². The van der Waals surface area contributed by atoms with E-state index in [1.165, 1.54) is 16.3 Å². The number of hydrogen-bond donors (Lipinski definition) is 2. The average Bonchev–Trinajstić information content (AvgIpc) is 2.81. The molecule has 2 atom stereocenters. The lowest BCUT2D eigenvalue weighted by molar-refractivity contribution is -0.127. The largest absolute Gasteiger partial charge is 0.348 e. The van der Waals surface area contributed by atoms with Gasteiger partial charge in [-0.3, -0.25) is 4.79 Å². The fourth-order valence-electron chi connectivity index (χ4n) is 3.58. The van der Waals surface area contributed by atoms with Crippen molar-refractivity contribution in [2.75, 3.05) is 6.54 Å². The van der Waals surface area contributed by atoms with Gasteiger partial charge in [0.25, 0.3) is 0 Å².